The lowest BCUT2D eigenvalue weighted by molar-refractivity contribution is -0.153. The molecule has 2 atom stereocenters. The molecule has 144 valence electrons. The summed E-state index contributed by atoms with van der Waals surface area (Å²) < 4.78 is 2.00. The number of hydrogen-bond acceptors (Lipinski definition) is 4. The van der Waals surface area contributed by atoms with E-state index >= 15 is 0 Å². The predicted octanol–water partition coefficient (Wildman–Crippen LogP) is 1.75. The van der Waals surface area contributed by atoms with Gasteiger partial charge >= 0.3 is 5.97 Å². The first-order valence-electron chi connectivity index (χ1n) is 9.76. The van der Waals surface area contributed by atoms with E-state index < -0.39 is 11.9 Å². The Morgan fingerprint density at radius 1 is 1.15 bits per heavy atom. The largest absolute Gasteiger partial charge is 0.481 e. The summed E-state index contributed by atoms with van der Waals surface area (Å²) >= 11 is 0. The molecule has 7 heteroatoms. The fourth-order valence-electron chi connectivity index (χ4n) is 4.28. The third-order valence-corrected chi connectivity index (χ3v) is 5.98. The summed E-state index contributed by atoms with van der Waals surface area (Å²) in [5.74, 6) is -1.61. The molecule has 1 saturated carbocycles. The number of aliphatic carboxylic acids is 1. The highest BCUT2D eigenvalue weighted by atomic mass is 16.4. The molecule has 0 unspecified atom stereocenters. The second kappa shape index (κ2) is 8.20. The zero-order valence-corrected chi connectivity index (χ0v) is 15.9. The first-order valence-corrected chi connectivity index (χ1v) is 9.76. The van der Waals surface area contributed by atoms with Crippen molar-refractivity contribution in [2.45, 2.75) is 52.6 Å². The van der Waals surface area contributed by atoms with Crippen molar-refractivity contribution in [2.75, 3.05) is 26.2 Å². The van der Waals surface area contributed by atoms with Crippen molar-refractivity contribution in [3.63, 3.8) is 0 Å². The number of aromatic nitrogens is 2. The molecule has 1 aromatic heterocycles. The molecule has 1 saturated heterocycles. The van der Waals surface area contributed by atoms with E-state index in [-0.39, 0.29) is 11.8 Å². The number of nitrogens with zero attached hydrogens (tertiary/aromatic N) is 4. The molecule has 1 aliphatic carbocycles. The molecule has 2 fully saturated rings. The van der Waals surface area contributed by atoms with Crippen molar-refractivity contribution < 1.29 is 14.7 Å². The standard InChI is InChI=1S/C19H30N4O3/c1-3-23-14(2)15(12-20-23)13-21-8-10-22(11-9-21)18(24)16-6-4-5-7-17(16)19(25)26/h12,16-17H,3-11,13H2,1-2H3,(H,25,26)/t16-,17+/m1/s1. The Balaban J connectivity index is 1.55. The molecule has 2 heterocycles. The van der Waals surface area contributed by atoms with E-state index in [0.29, 0.717) is 25.9 Å². The second-order valence-electron chi connectivity index (χ2n) is 7.51. The average molecular weight is 362 g/mol. The van der Waals surface area contributed by atoms with Gasteiger partial charge in [-0.2, -0.15) is 5.10 Å². The van der Waals surface area contributed by atoms with Gasteiger partial charge in [0.1, 0.15) is 0 Å². The van der Waals surface area contributed by atoms with Gasteiger partial charge in [-0.15, -0.1) is 0 Å². The number of carbonyl (C=O) groups is 2. The summed E-state index contributed by atoms with van der Waals surface area (Å²) in [5.41, 5.74) is 2.45. The molecule has 1 aromatic rings. The van der Waals surface area contributed by atoms with Crippen LogP contribution >= 0.6 is 0 Å². The highest BCUT2D eigenvalue weighted by molar-refractivity contribution is 5.85. The summed E-state index contributed by atoms with van der Waals surface area (Å²) in [6.45, 7) is 8.94. The zero-order chi connectivity index (χ0) is 18.7. The first kappa shape index (κ1) is 18.9. The van der Waals surface area contributed by atoms with Crippen LogP contribution in [0.2, 0.25) is 0 Å². The van der Waals surface area contributed by atoms with Gasteiger partial charge in [-0.1, -0.05) is 12.8 Å². The van der Waals surface area contributed by atoms with Gasteiger partial charge in [0.2, 0.25) is 5.91 Å². The molecule has 0 radical (unpaired) electrons. The molecule has 3 rings (SSSR count). The monoisotopic (exact) mass is 362 g/mol. The highest BCUT2D eigenvalue weighted by Crippen LogP contribution is 2.32. The minimum atomic E-state index is -0.815. The maximum absolute atomic E-state index is 12.9. The Hall–Kier alpha value is -1.89. The third kappa shape index (κ3) is 3.92. The summed E-state index contributed by atoms with van der Waals surface area (Å²) in [7, 11) is 0. The summed E-state index contributed by atoms with van der Waals surface area (Å²) in [5, 5.41) is 13.8. The number of carbonyl (C=O) groups excluding carboxylic acids is 1. The van der Waals surface area contributed by atoms with Crippen molar-refractivity contribution in [3.05, 3.63) is 17.5 Å². The molecule has 2 aliphatic rings. The molecular weight excluding hydrogens is 332 g/mol. The molecular formula is C19H30N4O3. The van der Waals surface area contributed by atoms with Crippen molar-refractivity contribution in [3.8, 4) is 0 Å². The molecule has 1 N–H and O–H groups in total. The zero-order valence-electron chi connectivity index (χ0n) is 15.9. The highest BCUT2D eigenvalue weighted by Gasteiger charge is 2.38. The van der Waals surface area contributed by atoms with Gasteiger partial charge in [0, 0.05) is 50.5 Å². The van der Waals surface area contributed by atoms with Crippen LogP contribution in [0.3, 0.4) is 0 Å². The molecule has 0 bridgehead atoms. The molecule has 1 aliphatic heterocycles. The van der Waals surface area contributed by atoms with Gasteiger partial charge in [0.05, 0.1) is 18.0 Å². The minimum Gasteiger partial charge on any atom is -0.481 e. The lowest BCUT2D eigenvalue weighted by atomic mass is 9.78. The van der Waals surface area contributed by atoms with E-state index in [1.165, 1.54) is 11.3 Å². The fourth-order valence-corrected chi connectivity index (χ4v) is 4.28. The van der Waals surface area contributed by atoms with Crippen LogP contribution in [0.15, 0.2) is 6.20 Å². The SMILES string of the molecule is CCn1ncc(CN2CCN(C(=O)[C@@H]3CCCC[C@@H]3C(=O)O)CC2)c1C. The second-order valence-corrected chi connectivity index (χ2v) is 7.51. The van der Waals surface area contributed by atoms with Gasteiger partial charge in [-0.25, -0.2) is 0 Å². The van der Waals surface area contributed by atoms with Crippen LogP contribution in [0.5, 0.6) is 0 Å². The van der Waals surface area contributed by atoms with Crippen LogP contribution in [-0.2, 0) is 22.7 Å². The number of aryl methyl sites for hydroxylation is 1. The van der Waals surface area contributed by atoms with Crippen LogP contribution < -0.4 is 0 Å². The Labute approximate surface area is 155 Å². The molecule has 7 nitrogen and oxygen atoms in total. The van der Waals surface area contributed by atoms with Gasteiger partial charge in [0.25, 0.3) is 0 Å². The maximum Gasteiger partial charge on any atom is 0.307 e. The summed E-state index contributed by atoms with van der Waals surface area (Å²) in [4.78, 5) is 28.6. The molecule has 1 amide bonds. The van der Waals surface area contributed by atoms with Gasteiger partial charge in [-0.3, -0.25) is 19.2 Å². The van der Waals surface area contributed by atoms with Crippen LogP contribution in [0.25, 0.3) is 0 Å². The van der Waals surface area contributed by atoms with Gasteiger partial charge < -0.3 is 10.0 Å². The topological polar surface area (TPSA) is 78.7 Å². The number of carboxylic acids is 1. The van der Waals surface area contributed by atoms with Crippen molar-refractivity contribution in [1.82, 2.24) is 19.6 Å². The fraction of sp³-hybridized carbons (Fsp3) is 0.737. The Morgan fingerprint density at radius 2 is 1.81 bits per heavy atom. The number of rotatable bonds is 5. The van der Waals surface area contributed by atoms with Crippen LogP contribution in [0.4, 0.5) is 0 Å². The van der Waals surface area contributed by atoms with Crippen LogP contribution in [-0.4, -0.2) is 62.7 Å². The van der Waals surface area contributed by atoms with E-state index in [9.17, 15) is 14.7 Å². The lowest BCUT2D eigenvalue weighted by Gasteiger charge is -2.38. The number of amides is 1. The normalized spacial score (nSPS) is 24.6. The van der Waals surface area contributed by atoms with Gasteiger partial charge in [-0.05, 0) is 26.7 Å². The van der Waals surface area contributed by atoms with Crippen molar-refractivity contribution in [2.24, 2.45) is 11.8 Å². The number of piperazine rings is 1. The van der Waals surface area contributed by atoms with E-state index in [0.717, 1.165) is 39.0 Å². The average Bonchev–Trinajstić information content (AvgIpc) is 3.01. The Kier molecular flexibility index (Phi) is 5.96. The van der Waals surface area contributed by atoms with Crippen LogP contribution in [0.1, 0.15) is 43.9 Å². The molecule has 0 aromatic carbocycles. The predicted molar refractivity (Wildman–Crippen MR) is 97.6 cm³/mol. The molecule has 26 heavy (non-hydrogen) atoms. The maximum atomic E-state index is 12.9. The van der Waals surface area contributed by atoms with E-state index in [1.807, 2.05) is 15.8 Å². The van der Waals surface area contributed by atoms with E-state index in [2.05, 4.69) is 23.8 Å². The summed E-state index contributed by atoms with van der Waals surface area (Å²) in [6.07, 6.45) is 5.16. The minimum absolute atomic E-state index is 0.0479. The number of hydrogen-bond donors (Lipinski definition) is 1. The molecule has 0 spiro atoms. The number of carboxylic acid groups (broad SMARTS) is 1. The van der Waals surface area contributed by atoms with Gasteiger partial charge in [0.15, 0.2) is 0 Å². The third-order valence-electron chi connectivity index (χ3n) is 5.98. The summed E-state index contributed by atoms with van der Waals surface area (Å²) in [6, 6.07) is 0. The van der Waals surface area contributed by atoms with Crippen molar-refractivity contribution >= 4 is 11.9 Å². The van der Waals surface area contributed by atoms with E-state index in [1.54, 1.807) is 0 Å². The Bertz CT molecular complexity index is 649. The quantitative estimate of drug-likeness (QED) is 0.863. The Morgan fingerprint density at radius 3 is 2.38 bits per heavy atom. The van der Waals surface area contributed by atoms with E-state index in [4.69, 9.17) is 0 Å². The lowest BCUT2D eigenvalue weighted by Crippen LogP contribution is -2.51. The first-order chi connectivity index (χ1) is 12.5. The van der Waals surface area contributed by atoms with Crippen molar-refractivity contribution in [1.29, 1.82) is 0 Å². The van der Waals surface area contributed by atoms with Crippen LogP contribution in [0, 0.1) is 18.8 Å². The smallest absolute Gasteiger partial charge is 0.307 e.